The summed E-state index contributed by atoms with van der Waals surface area (Å²) in [6.45, 7) is 5.36. The number of carbonyl (C=O) groups is 1. The van der Waals surface area contributed by atoms with E-state index in [1.54, 1.807) is 18.2 Å². The number of thioether (sulfide) groups is 1. The number of rotatable bonds is 3. The molecule has 1 unspecified atom stereocenters. The normalized spacial score (nSPS) is 19.3. The van der Waals surface area contributed by atoms with E-state index in [-0.39, 0.29) is 11.9 Å². The van der Waals surface area contributed by atoms with Crippen LogP contribution in [0.5, 0.6) is 5.75 Å². The Balaban J connectivity index is 2.17. The standard InChI is InChI=1S/C14H20N2O2S/c1-3-18-13-5-4-11(8-12(13)15)14(17)16-6-7-19-9-10(16)2/h4-5,8,10H,3,6-7,9,15H2,1-2H3. The number of ether oxygens (including phenoxy) is 1. The summed E-state index contributed by atoms with van der Waals surface area (Å²) in [7, 11) is 0. The molecule has 0 spiro atoms. The van der Waals surface area contributed by atoms with Gasteiger partial charge in [0.2, 0.25) is 0 Å². The van der Waals surface area contributed by atoms with Gasteiger partial charge in [0.05, 0.1) is 12.3 Å². The molecule has 104 valence electrons. The third kappa shape index (κ3) is 3.15. The molecule has 1 fully saturated rings. The number of hydrogen-bond acceptors (Lipinski definition) is 4. The zero-order chi connectivity index (χ0) is 13.8. The number of nitrogen functional groups attached to an aromatic ring is 1. The van der Waals surface area contributed by atoms with Crippen LogP contribution in [-0.2, 0) is 0 Å². The lowest BCUT2D eigenvalue weighted by Crippen LogP contribution is -2.44. The minimum absolute atomic E-state index is 0.0579. The van der Waals surface area contributed by atoms with Gasteiger partial charge < -0.3 is 15.4 Å². The summed E-state index contributed by atoms with van der Waals surface area (Å²) in [6.07, 6.45) is 0. The highest BCUT2D eigenvalue weighted by Crippen LogP contribution is 2.25. The molecule has 19 heavy (non-hydrogen) atoms. The molecular formula is C14H20N2O2S. The molecule has 5 heteroatoms. The lowest BCUT2D eigenvalue weighted by atomic mass is 10.1. The quantitative estimate of drug-likeness (QED) is 0.863. The van der Waals surface area contributed by atoms with Crippen LogP contribution in [0.15, 0.2) is 18.2 Å². The van der Waals surface area contributed by atoms with Crippen LogP contribution in [0.3, 0.4) is 0 Å². The van der Waals surface area contributed by atoms with E-state index in [0.717, 1.165) is 18.1 Å². The van der Waals surface area contributed by atoms with Gasteiger partial charge in [-0.1, -0.05) is 0 Å². The first kappa shape index (κ1) is 14.1. The summed E-state index contributed by atoms with van der Waals surface area (Å²) < 4.78 is 5.38. The topological polar surface area (TPSA) is 55.6 Å². The van der Waals surface area contributed by atoms with E-state index >= 15 is 0 Å². The average molecular weight is 280 g/mol. The minimum Gasteiger partial charge on any atom is -0.492 e. The second-order valence-electron chi connectivity index (χ2n) is 4.61. The van der Waals surface area contributed by atoms with E-state index in [2.05, 4.69) is 6.92 Å². The van der Waals surface area contributed by atoms with Crippen molar-refractivity contribution in [3.05, 3.63) is 23.8 Å². The van der Waals surface area contributed by atoms with Gasteiger partial charge >= 0.3 is 0 Å². The minimum atomic E-state index is 0.0579. The molecule has 1 aromatic rings. The maximum absolute atomic E-state index is 12.5. The molecule has 0 bridgehead atoms. The van der Waals surface area contributed by atoms with Gasteiger partial charge in [0.15, 0.2) is 0 Å². The summed E-state index contributed by atoms with van der Waals surface area (Å²) in [6, 6.07) is 5.55. The Bertz CT molecular complexity index is 465. The zero-order valence-electron chi connectivity index (χ0n) is 11.4. The second-order valence-corrected chi connectivity index (χ2v) is 5.76. The van der Waals surface area contributed by atoms with Crippen LogP contribution in [0.2, 0.25) is 0 Å². The fourth-order valence-corrected chi connectivity index (χ4v) is 3.18. The first-order valence-corrected chi connectivity index (χ1v) is 7.70. The molecule has 0 radical (unpaired) electrons. The maximum atomic E-state index is 12.5. The number of carbonyl (C=O) groups excluding carboxylic acids is 1. The average Bonchev–Trinajstić information content (AvgIpc) is 2.41. The van der Waals surface area contributed by atoms with E-state index in [1.165, 1.54) is 0 Å². The number of nitrogens with zero attached hydrogens (tertiary/aromatic N) is 1. The summed E-state index contributed by atoms with van der Waals surface area (Å²) in [5.41, 5.74) is 7.07. The molecule has 1 saturated heterocycles. The Morgan fingerprint density at radius 1 is 1.58 bits per heavy atom. The molecule has 0 aliphatic carbocycles. The smallest absolute Gasteiger partial charge is 0.254 e. The molecule has 2 N–H and O–H groups in total. The van der Waals surface area contributed by atoms with E-state index < -0.39 is 0 Å². The van der Waals surface area contributed by atoms with Crippen molar-refractivity contribution in [2.24, 2.45) is 0 Å². The van der Waals surface area contributed by atoms with Crippen LogP contribution in [0.1, 0.15) is 24.2 Å². The summed E-state index contributed by atoms with van der Waals surface area (Å²) in [4.78, 5) is 14.4. The molecule has 0 aromatic heterocycles. The van der Waals surface area contributed by atoms with Gasteiger partial charge in [-0.2, -0.15) is 11.8 Å². The van der Waals surface area contributed by atoms with Gasteiger partial charge in [0.1, 0.15) is 5.75 Å². The van der Waals surface area contributed by atoms with Gasteiger partial charge in [-0.15, -0.1) is 0 Å². The molecule has 4 nitrogen and oxygen atoms in total. The summed E-state index contributed by atoms with van der Waals surface area (Å²) in [5.74, 6) is 2.70. The van der Waals surface area contributed by atoms with Crippen LogP contribution < -0.4 is 10.5 Å². The lowest BCUT2D eigenvalue weighted by Gasteiger charge is -2.33. The fraction of sp³-hybridized carbons (Fsp3) is 0.500. The van der Waals surface area contributed by atoms with Crippen molar-refractivity contribution >= 4 is 23.4 Å². The Morgan fingerprint density at radius 2 is 2.37 bits per heavy atom. The fourth-order valence-electron chi connectivity index (χ4n) is 2.16. The molecule has 0 saturated carbocycles. The first-order chi connectivity index (χ1) is 9.13. The largest absolute Gasteiger partial charge is 0.492 e. The molecule has 1 aliphatic heterocycles. The van der Waals surface area contributed by atoms with E-state index in [9.17, 15) is 4.79 Å². The number of benzene rings is 1. The Labute approximate surface area is 118 Å². The third-order valence-corrected chi connectivity index (χ3v) is 4.37. The molecule has 1 heterocycles. The summed E-state index contributed by atoms with van der Waals surface area (Å²) >= 11 is 1.89. The van der Waals surface area contributed by atoms with E-state index in [1.807, 2.05) is 23.6 Å². The van der Waals surface area contributed by atoms with Crippen molar-refractivity contribution in [2.45, 2.75) is 19.9 Å². The molecule has 2 rings (SSSR count). The number of amides is 1. The first-order valence-electron chi connectivity index (χ1n) is 6.54. The SMILES string of the molecule is CCOc1ccc(C(=O)N2CCSCC2C)cc1N. The molecule has 1 aromatic carbocycles. The maximum Gasteiger partial charge on any atom is 0.254 e. The van der Waals surface area contributed by atoms with Gasteiger partial charge in [-0.3, -0.25) is 4.79 Å². The predicted molar refractivity (Wildman–Crippen MR) is 79.8 cm³/mol. The zero-order valence-corrected chi connectivity index (χ0v) is 12.2. The van der Waals surface area contributed by atoms with E-state index in [4.69, 9.17) is 10.5 Å². The van der Waals surface area contributed by atoms with Crippen molar-refractivity contribution in [1.29, 1.82) is 0 Å². The van der Waals surface area contributed by atoms with E-state index in [0.29, 0.717) is 23.6 Å². The predicted octanol–water partition coefficient (Wildman–Crippen LogP) is 2.25. The summed E-state index contributed by atoms with van der Waals surface area (Å²) in [5, 5.41) is 0. The Kier molecular flexibility index (Phi) is 4.58. The van der Waals surface area contributed by atoms with Crippen molar-refractivity contribution in [3.63, 3.8) is 0 Å². The Morgan fingerprint density at radius 3 is 3.00 bits per heavy atom. The lowest BCUT2D eigenvalue weighted by molar-refractivity contribution is 0.0716. The highest BCUT2D eigenvalue weighted by molar-refractivity contribution is 7.99. The van der Waals surface area contributed by atoms with Gasteiger partial charge in [-0.25, -0.2) is 0 Å². The number of anilines is 1. The third-order valence-electron chi connectivity index (χ3n) is 3.19. The van der Waals surface area contributed by atoms with Gasteiger partial charge in [-0.05, 0) is 32.0 Å². The number of nitrogens with two attached hydrogens (primary N) is 1. The van der Waals surface area contributed by atoms with Gasteiger partial charge in [0, 0.05) is 29.7 Å². The number of hydrogen-bond donors (Lipinski definition) is 1. The van der Waals surface area contributed by atoms with Crippen LogP contribution in [-0.4, -0.2) is 41.5 Å². The highest BCUT2D eigenvalue weighted by Gasteiger charge is 2.24. The van der Waals surface area contributed by atoms with Crippen LogP contribution in [0, 0.1) is 0 Å². The molecule has 1 amide bonds. The van der Waals surface area contributed by atoms with Crippen molar-refractivity contribution in [2.75, 3.05) is 30.4 Å². The van der Waals surface area contributed by atoms with Crippen LogP contribution >= 0.6 is 11.8 Å². The van der Waals surface area contributed by atoms with Crippen molar-refractivity contribution < 1.29 is 9.53 Å². The molecular weight excluding hydrogens is 260 g/mol. The van der Waals surface area contributed by atoms with Crippen LogP contribution in [0.4, 0.5) is 5.69 Å². The monoisotopic (exact) mass is 280 g/mol. The molecule has 1 atom stereocenters. The van der Waals surface area contributed by atoms with Gasteiger partial charge in [0.25, 0.3) is 5.91 Å². The van der Waals surface area contributed by atoms with Crippen molar-refractivity contribution in [1.82, 2.24) is 4.90 Å². The Hall–Kier alpha value is -1.36. The van der Waals surface area contributed by atoms with Crippen molar-refractivity contribution in [3.8, 4) is 5.75 Å². The molecule has 1 aliphatic rings. The second kappa shape index (κ2) is 6.19. The van der Waals surface area contributed by atoms with Crippen LogP contribution in [0.25, 0.3) is 0 Å². The highest BCUT2D eigenvalue weighted by atomic mass is 32.2.